The van der Waals surface area contributed by atoms with Gasteiger partial charge in [0.15, 0.2) is 0 Å². The van der Waals surface area contributed by atoms with Crippen LogP contribution in [0.4, 0.5) is 11.8 Å². The van der Waals surface area contributed by atoms with E-state index in [9.17, 15) is 0 Å². The predicted molar refractivity (Wildman–Crippen MR) is 94.6 cm³/mol. The van der Waals surface area contributed by atoms with Gasteiger partial charge in [-0.1, -0.05) is 25.0 Å². The molecule has 1 heterocycles. The lowest BCUT2D eigenvalue weighted by Gasteiger charge is -2.19. The van der Waals surface area contributed by atoms with Crippen LogP contribution < -0.4 is 10.2 Å². The zero-order valence-corrected chi connectivity index (χ0v) is 14.4. The SMILES string of the molecule is CCCCN(C)c1cc(C)nc(NCCC2=CCCCC2)n1. The van der Waals surface area contributed by atoms with Gasteiger partial charge in [-0.15, -0.1) is 0 Å². The summed E-state index contributed by atoms with van der Waals surface area (Å²) in [6.45, 7) is 6.21. The number of nitrogens with one attached hydrogen (secondary N) is 1. The smallest absolute Gasteiger partial charge is 0.224 e. The Morgan fingerprint density at radius 1 is 1.27 bits per heavy atom. The van der Waals surface area contributed by atoms with Gasteiger partial charge < -0.3 is 10.2 Å². The summed E-state index contributed by atoms with van der Waals surface area (Å²) in [6.07, 6.45) is 11.1. The van der Waals surface area contributed by atoms with Crippen LogP contribution in [0.5, 0.6) is 0 Å². The molecule has 0 spiro atoms. The highest BCUT2D eigenvalue weighted by molar-refractivity contribution is 5.44. The second-order valence-electron chi connectivity index (χ2n) is 6.25. The Labute approximate surface area is 135 Å². The standard InChI is InChI=1S/C18H30N4/c1-4-5-13-22(3)17-14-15(2)20-18(21-17)19-12-11-16-9-7-6-8-10-16/h9,14H,4-8,10-13H2,1-3H3,(H,19,20,21). The summed E-state index contributed by atoms with van der Waals surface area (Å²) >= 11 is 0. The third-order valence-electron chi connectivity index (χ3n) is 4.19. The lowest BCUT2D eigenvalue weighted by atomic mass is 9.97. The van der Waals surface area contributed by atoms with Crippen molar-refractivity contribution in [3.63, 3.8) is 0 Å². The molecule has 2 rings (SSSR count). The first-order valence-corrected chi connectivity index (χ1v) is 8.67. The van der Waals surface area contributed by atoms with Crippen molar-refractivity contribution in [1.29, 1.82) is 0 Å². The number of hydrogen-bond acceptors (Lipinski definition) is 4. The Bertz CT molecular complexity index is 496. The molecule has 0 unspecified atom stereocenters. The van der Waals surface area contributed by atoms with Gasteiger partial charge in [-0.3, -0.25) is 0 Å². The van der Waals surface area contributed by atoms with Crippen LogP contribution in [-0.2, 0) is 0 Å². The molecule has 1 aromatic heterocycles. The van der Waals surface area contributed by atoms with Crippen molar-refractivity contribution in [3.8, 4) is 0 Å². The summed E-state index contributed by atoms with van der Waals surface area (Å²) in [5.41, 5.74) is 2.61. The van der Waals surface area contributed by atoms with E-state index in [1.54, 1.807) is 5.57 Å². The average Bonchev–Trinajstić information content (AvgIpc) is 2.53. The molecule has 0 aliphatic heterocycles. The lowest BCUT2D eigenvalue weighted by Crippen LogP contribution is -2.20. The molecule has 4 nitrogen and oxygen atoms in total. The minimum Gasteiger partial charge on any atom is -0.360 e. The number of hydrogen-bond donors (Lipinski definition) is 1. The first kappa shape index (κ1) is 16.8. The zero-order chi connectivity index (χ0) is 15.8. The minimum absolute atomic E-state index is 0.759. The number of aromatic nitrogens is 2. The number of allylic oxidation sites excluding steroid dienone is 1. The maximum atomic E-state index is 4.65. The Morgan fingerprint density at radius 3 is 2.86 bits per heavy atom. The van der Waals surface area contributed by atoms with E-state index in [1.807, 2.05) is 6.92 Å². The van der Waals surface area contributed by atoms with E-state index in [4.69, 9.17) is 0 Å². The van der Waals surface area contributed by atoms with E-state index in [1.165, 1.54) is 38.5 Å². The molecule has 0 fully saturated rings. The summed E-state index contributed by atoms with van der Waals surface area (Å²) in [7, 11) is 2.11. The van der Waals surface area contributed by atoms with Gasteiger partial charge in [0.05, 0.1) is 0 Å². The molecule has 0 aromatic carbocycles. The highest BCUT2D eigenvalue weighted by atomic mass is 15.2. The Morgan fingerprint density at radius 2 is 2.14 bits per heavy atom. The van der Waals surface area contributed by atoms with Gasteiger partial charge in [0.1, 0.15) is 5.82 Å². The van der Waals surface area contributed by atoms with Crippen molar-refractivity contribution in [2.24, 2.45) is 0 Å². The van der Waals surface area contributed by atoms with Crippen molar-refractivity contribution in [1.82, 2.24) is 9.97 Å². The molecule has 4 heteroatoms. The summed E-state index contributed by atoms with van der Waals surface area (Å²) in [4.78, 5) is 11.4. The van der Waals surface area contributed by atoms with E-state index in [0.29, 0.717) is 0 Å². The monoisotopic (exact) mass is 302 g/mol. The summed E-state index contributed by atoms with van der Waals surface area (Å²) in [5, 5.41) is 3.39. The molecule has 1 aromatic rings. The Hall–Kier alpha value is -1.58. The van der Waals surface area contributed by atoms with Crippen LogP contribution in [0.25, 0.3) is 0 Å². The Kier molecular flexibility index (Phi) is 6.69. The summed E-state index contributed by atoms with van der Waals surface area (Å²) in [5.74, 6) is 1.77. The molecule has 1 aliphatic rings. The van der Waals surface area contributed by atoms with Crippen molar-refractivity contribution < 1.29 is 0 Å². The van der Waals surface area contributed by atoms with Crippen molar-refractivity contribution in [2.75, 3.05) is 30.4 Å². The second kappa shape index (κ2) is 8.76. The van der Waals surface area contributed by atoms with Gasteiger partial charge in [0.2, 0.25) is 5.95 Å². The third kappa shape index (κ3) is 5.32. The highest BCUT2D eigenvalue weighted by Gasteiger charge is 2.07. The molecule has 0 saturated carbocycles. The fraction of sp³-hybridized carbons (Fsp3) is 0.667. The highest BCUT2D eigenvalue weighted by Crippen LogP contribution is 2.20. The van der Waals surface area contributed by atoms with Crippen molar-refractivity contribution in [3.05, 3.63) is 23.4 Å². The van der Waals surface area contributed by atoms with E-state index in [-0.39, 0.29) is 0 Å². The third-order valence-corrected chi connectivity index (χ3v) is 4.19. The van der Waals surface area contributed by atoms with E-state index in [0.717, 1.165) is 37.0 Å². The van der Waals surface area contributed by atoms with Gasteiger partial charge in [-0.2, -0.15) is 4.98 Å². The van der Waals surface area contributed by atoms with Crippen LogP contribution in [0, 0.1) is 6.92 Å². The molecule has 0 bridgehead atoms. The van der Waals surface area contributed by atoms with Gasteiger partial charge in [0, 0.05) is 31.9 Å². The normalized spacial score (nSPS) is 14.6. The van der Waals surface area contributed by atoms with Gasteiger partial charge in [-0.05, 0) is 45.4 Å². The number of rotatable bonds is 8. The van der Waals surface area contributed by atoms with Crippen LogP contribution in [0.3, 0.4) is 0 Å². The molecule has 122 valence electrons. The topological polar surface area (TPSA) is 41.1 Å². The van der Waals surface area contributed by atoms with E-state index < -0.39 is 0 Å². The van der Waals surface area contributed by atoms with Crippen LogP contribution in [-0.4, -0.2) is 30.1 Å². The average molecular weight is 302 g/mol. The number of anilines is 2. The molecule has 0 atom stereocenters. The van der Waals surface area contributed by atoms with Gasteiger partial charge >= 0.3 is 0 Å². The minimum atomic E-state index is 0.759. The number of unbranched alkanes of at least 4 members (excludes halogenated alkanes) is 1. The summed E-state index contributed by atoms with van der Waals surface area (Å²) < 4.78 is 0. The van der Waals surface area contributed by atoms with Crippen molar-refractivity contribution >= 4 is 11.8 Å². The lowest BCUT2D eigenvalue weighted by molar-refractivity contribution is 0.679. The molecule has 1 N–H and O–H groups in total. The van der Waals surface area contributed by atoms with Crippen LogP contribution in [0.15, 0.2) is 17.7 Å². The fourth-order valence-corrected chi connectivity index (χ4v) is 2.80. The van der Waals surface area contributed by atoms with Crippen LogP contribution >= 0.6 is 0 Å². The Balaban J connectivity index is 1.90. The molecule has 0 saturated heterocycles. The van der Waals surface area contributed by atoms with E-state index >= 15 is 0 Å². The zero-order valence-electron chi connectivity index (χ0n) is 14.4. The van der Waals surface area contributed by atoms with Crippen molar-refractivity contribution in [2.45, 2.75) is 58.8 Å². The quantitative estimate of drug-likeness (QED) is 0.726. The largest absolute Gasteiger partial charge is 0.360 e. The molecule has 1 aliphatic carbocycles. The first-order chi connectivity index (χ1) is 10.7. The number of aryl methyl sites for hydroxylation is 1. The maximum absolute atomic E-state index is 4.65. The van der Waals surface area contributed by atoms with Crippen LogP contribution in [0.2, 0.25) is 0 Å². The number of nitrogens with zero attached hydrogens (tertiary/aromatic N) is 3. The van der Waals surface area contributed by atoms with Gasteiger partial charge in [-0.25, -0.2) is 4.98 Å². The first-order valence-electron chi connectivity index (χ1n) is 8.67. The molecule has 0 amide bonds. The molecule has 22 heavy (non-hydrogen) atoms. The fourth-order valence-electron chi connectivity index (χ4n) is 2.80. The summed E-state index contributed by atoms with van der Waals surface area (Å²) in [6, 6.07) is 2.06. The molecular weight excluding hydrogens is 272 g/mol. The molecular formula is C18H30N4. The molecule has 0 radical (unpaired) electrons. The van der Waals surface area contributed by atoms with Gasteiger partial charge in [0.25, 0.3) is 0 Å². The van der Waals surface area contributed by atoms with E-state index in [2.05, 4.69) is 46.3 Å². The van der Waals surface area contributed by atoms with Crippen LogP contribution in [0.1, 0.15) is 57.6 Å². The second-order valence-corrected chi connectivity index (χ2v) is 6.25. The predicted octanol–water partition coefficient (Wildman–Crippen LogP) is 4.32. The maximum Gasteiger partial charge on any atom is 0.224 e.